The van der Waals surface area contributed by atoms with Crippen LogP contribution in [0, 0.1) is 23.7 Å². The van der Waals surface area contributed by atoms with Crippen LogP contribution in [0.25, 0.3) is 10.8 Å². The average Bonchev–Trinajstić information content (AvgIpc) is 3.04. The zero-order valence-electron chi connectivity index (χ0n) is 23.4. The Morgan fingerprint density at radius 3 is 1.64 bits per heavy atom. The van der Waals surface area contributed by atoms with Crippen molar-refractivity contribution in [3.63, 3.8) is 0 Å². The number of phenolic OH excluding ortho intramolecular Hbond substituents is 2. The fraction of sp³-hybridized carbons (Fsp3) is 0. The number of nitrogen functional groups attached to an aromatic ring is 2. The second kappa shape index (κ2) is 12.2. The standard InChI is InChI=1S/C38H26N2O4/c39-33-19-15-29(23-35(33)41)43-37-22-28-21-27(12-11-25-7-3-1-4-8-25)14-17-31(28)38(44-30-16-20-34(40)36(42)24-30)32(37)18-13-26-9-5-2-6-10-26/h1-10,14-17,19-24,41-42H,39-40H2. The largest absolute Gasteiger partial charge is 0.506 e. The summed E-state index contributed by atoms with van der Waals surface area (Å²) in [6, 6.07) is 36.3. The fourth-order valence-electron chi connectivity index (χ4n) is 4.47. The summed E-state index contributed by atoms with van der Waals surface area (Å²) in [5, 5.41) is 22.1. The van der Waals surface area contributed by atoms with Gasteiger partial charge in [0.2, 0.25) is 0 Å². The van der Waals surface area contributed by atoms with Gasteiger partial charge in [0, 0.05) is 34.2 Å². The third-order valence-corrected chi connectivity index (χ3v) is 6.74. The lowest BCUT2D eigenvalue weighted by Gasteiger charge is -2.17. The number of benzene rings is 6. The molecule has 0 fully saturated rings. The zero-order valence-corrected chi connectivity index (χ0v) is 23.4. The van der Waals surface area contributed by atoms with Gasteiger partial charge in [0.1, 0.15) is 34.3 Å². The summed E-state index contributed by atoms with van der Waals surface area (Å²) in [4.78, 5) is 0. The number of fused-ring (bicyclic) bond motifs is 1. The van der Waals surface area contributed by atoms with Gasteiger partial charge in [0.25, 0.3) is 0 Å². The van der Waals surface area contributed by atoms with Gasteiger partial charge in [-0.2, -0.15) is 0 Å². The Morgan fingerprint density at radius 2 is 1.05 bits per heavy atom. The fourth-order valence-corrected chi connectivity index (χ4v) is 4.47. The zero-order chi connectivity index (χ0) is 30.5. The molecule has 0 saturated heterocycles. The maximum absolute atomic E-state index is 10.3. The first-order valence-corrected chi connectivity index (χ1v) is 13.7. The third kappa shape index (κ3) is 6.21. The van der Waals surface area contributed by atoms with Crippen molar-refractivity contribution in [2.75, 3.05) is 11.5 Å². The van der Waals surface area contributed by atoms with E-state index in [0.717, 1.165) is 27.5 Å². The molecule has 6 aromatic rings. The SMILES string of the molecule is Nc1ccc(Oc2cc3cc(C#Cc4ccccc4)ccc3c(Oc3ccc(N)c(O)c3)c2C#Cc2ccccc2)cc1O. The van der Waals surface area contributed by atoms with Crippen LogP contribution in [-0.2, 0) is 0 Å². The molecule has 0 spiro atoms. The summed E-state index contributed by atoms with van der Waals surface area (Å²) in [7, 11) is 0. The average molecular weight is 575 g/mol. The van der Waals surface area contributed by atoms with Crippen LogP contribution < -0.4 is 20.9 Å². The molecule has 6 rings (SSSR count). The minimum Gasteiger partial charge on any atom is -0.506 e. The number of nitrogens with two attached hydrogens (primary N) is 2. The van der Waals surface area contributed by atoms with Gasteiger partial charge in [-0.15, -0.1) is 0 Å². The molecule has 0 amide bonds. The first-order valence-electron chi connectivity index (χ1n) is 13.7. The minimum atomic E-state index is -0.105. The van der Waals surface area contributed by atoms with E-state index in [4.69, 9.17) is 20.9 Å². The quantitative estimate of drug-likeness (QED) is 0.0971. The van der Waals surface area contributed by atoms with Gasteiger partial charge >= 0.3 is 0 Å². The van der Waals surface area contributed by atoms with Gasteiger partial charge in [0.15, 0.2) is 5.75 Å². The van der Waals surface area contributed by atoms with E-state index in [-0.39, 0.29) is 22.9 Å². The lowest BCUT2D eigenvalue weighted by molar-refractivity contribution is 0.446. The molecule has 6 nitrogen and oxygen atoms in total. The normalized spacial score (nSPS) is 10.3. The second-order valence-electron chi connectivity index (χ2n) is 9.89. The lowest BCUT2D eigenvalue weighted by atomic mass is 10.0. The molecule has 0 atom stereocenters. The van der Waals surface area contributed by atoms with E-state index in [1.807, 2.05) is 84.9 Å². The van der Waals surface area contributed by atoms with Gasteiger partial charge < -0.3 is 31.2 Å². The second-order valence-corrected chi connectivity index (χ2v) is 9.89. The summed E-state index contributed by atoms with van der Waals surface area (Å²) in [5.74, 6) is 14.2. The van der Waals surface area contributed by atoms with E-state index >= 15 is 0 Å². The molecule has 0 aliphatic rings. The van der Waals surface area contributed by atoms with Gasteiger partial charge in [0.05, 0.1) is 11.4 Å². The molecule has 212 valence electrons. The molecule has 6 aromatic carbocycles. The summed E-state index contributed by atoms with van der Waals surface area (Å²) in [6.45, 7) is 0. The van der Waals surface area contributed by atoms with Crippen molar-refractivity contribution < 1.29 is 19.7 Å². The van der Waals surface area contributed by atoms with Crippen LogP contribution in [0.4, 0.5) is 11.4 Å². The number of anilines is 2. The van der Waals surface area contributed by atoms with Crippen LogP contribution in [0.15, 0.2) is 121 Å². The molecule has 0 radical (unpaired) electrons. The van der Waals surface area contributed by atoms with Gasteiger partial charge in [-0.25, -0.2) is 0 Å². The highest BCUT2D eigenvalue weighted by Gasteiger charge is 2.18. The van der Waals surface area contributed by atoms with Crippen LogP contribution in [0.3, 0.4) is 0 Å². The predicted octanol–water partition coefficient (Wildman–Crippen LogP) is 7.80. The molecule has 0 aromatic heterocycles. The lowest BCUT2D eigenvalue weighted by Crippen LogP contribution is -1.97. The van der Waals surface area contributed by atoms with Crippen LogP contribution >= 0.6 is 0 Å². The molecule has 0 aliphatic carbocycles. The van der Waals surface area contributed by atoms with E-state index in [9.17, 15) is 10.2 Å². The minimum absolute atomic E-state index is 0.104. The van der Waals surface area contributed by atoms with E-state index in [0.29, 0.717) is 28.6 Å². The smallest absolute Gasteiger partial charge is 0.154 e. The Morgan fingerprint density at radius 1 is 0.500 bits per heavy atom. The maximum Gasteiger partial charge on any atom is 0.154 e. The molecule has 6 N–H and O–H groups in total. The maximum atomic E-state index is 10.3. The summed E-state index contributed by atoms with van der Waals surface area (Å²) in [6.07, 6.45) is 0. The van der Waals surface area contributed by atoms with Crippen molar-refractivity contribution in [3.8, 4) is 58.2 Å². The van der Waals surface area contributed by atoms with E-state index in [1.54, 1.807) is 24.3 Å². The summed E-state index contributed by atoms with van der Waals surface area (Å²) >= 11 is 0. The molecular formula is C38H26N2O4. The molecule has 0 unspecified atom stereocenters. The van der Waals surface area contributed by atoms with Gasteiger partial charge in [-0.3, -0.25) is 0 Å². The van der Waals surface area contributed by atoms with Gasteiger partial charge in [-0.1, -0.05) is 60.1 Å². The highest BCUT2D eigenvalue weighted by Crippen LogP contribution is 2.42. The molecule has 0 bridgehead atoms. The molecule has 44 heavy (non-hydrogen) atoms. The van der Waals surface area contributed by atoms with Crippen molar-refractivity contribution >= 4 is 22.1 Å². The topological polar surface area (TPSA) is 111 Å². The molecule has 0 heterocycles. The van der Waals surface area contributed by atoms with E-state index in [2.05, 4.69) is 23.7 Å². The van der Waals surface area contributed by atoms with E-state index in [1.165, 1.54) is 12.1 Å². The Labute approximate surface area is 254 Å². The van der Waals surface area contributed by atoms with Crippen LogP contribution in [0.5, 0.6) is 34.5 Å². The molecule has 0 saturated carbocycles. The summed E-state index contributed by atoms with van der Waals surface area (Å²) in [5.41, 5.74) is 15.1. The van der Waals surface area contributed by atoms with Crippen LogP contribution in [0.2, 0.25) is 0 Å². The van der Waals surface area contributed by atoms with Crippen molar-refractivity contribution in [3.05, 3.63) is 144 Å². The first kappa shape index (κ1) is 27.7. The number of aromatic hydroxyl groups is 2. The van der Waals surface area contributed by atoms with Gasteiger partial charge in [-0.05, 0) is 78.2 Å². The molecule has 6 heteroatoms. The number of hydrogen-bond acceptors (Lipinski definition) is 6. The van der Waals surface area contributed by atoms with Crippen molar-refractivity contribution in [2.24, 2.45) is 0 Å². The van der Waals surface area contributed by atoms with Crippen LogP contribution in [-0.4, -0.2) is 10.2 Å². The number of ether oxygens (including phenoxy) is 2. The third-order valence-electron chi connectivity index (χ3n) is 6.74. The number of hydrogen-bond donors (Lipinski definition) is 4. The molecule has 0 aliphatic heterocycles. The first-order chi connectivity index (χ1) is 21.4. The monoisotopic (exact) mass is 574 g/mol. The molecular weight excluding hydrogens is 548 g/mol. The predicted molar refractivity (Wildman–Crippen MR) is 174 cm³/mol. The highest BCUT2D eigenvalue weighted by atomic mass is 16.5. The Bertz CT molecular complexity index is 2120. The number of rotatable bonds is 4. The Balaban J connectivity index is 1.56. The van der Waals surface area contributed by atoms with Crippen molar-refractivity contribution in [2.45, 2.75) is 0 Å². The number of phenols is 2. The Hall–Kier alpha value is -6.50. The summed E-state index contributed by atoms with van der Waals surface area (Å²) < 4.78 is 12.8. The van der Waals surface area contributed by atoms with Crippen LogP contribution in [0.1, 0.15) is 22.3 Å². The van der Waals surface area contributed by atoms with E-state index < -0.39 is 0 Å². The highest BCUT2D eigenvalue weighted by molar-refractivity contribution is 5.94. The van der Waals surface area contributed by atoms with Crippen molar-refractivity contribution in [1.82, 2.24) is 0 Å². The van der Waals surface area contributed by atoms with Crippen molar-refractivity contribution in [1.29, 1.82) is 0 Å². The Kier molecular flexibility index (Phi) is 7.65.